The van der Waals surface area contributed by atoms with Gasteiger partial charge in [0.05, 0.1) is 130 Å². The van der Waals surface area contributed by atoms with Crippen LogP contribution in [0.15, 0.2) is 69.3 Å². The minimum Gasteiger partial charge on any atom is -0.481 e. The molecule has 3 aromatic rings. The summed E-state index contributed by atoms with van der Waals surface area (Å²) in [5.74, 6) is -4.90. The Kier molecular flexibility index (Phi) is 48.9. The second-order valence-corrected chi connectivity index (χ2v) is 49.9. The molecule has 0 amide bonds. The topological polar surface area (TPSA) is 337 Å². The van der Waals surface area contributed by atoms with Crippen LogP contribution in [0.3, 0.4) is 0 Å². The van der Waals surface area contributed by atoms with Crippen molar-refractivity contribution in [1.29, 1.82) is 0 Å². The molecule has 12 fully saturated rings. The lowest BCUT2D eigenvalue weighted by molar-refractivity contribution is -0.296. The molecular formula is C101H168Cl3IO25S4. The number of Topliss-reactive ketones (excluding diaryl/α,β-unsaturated/α-hetero) is 1. The van der Waals surface area contributed by atoms with Gasteiger partial charge in [-0.2, -0.15) is 8.42 Å². The molecule has 6 saturated carbocycles. The molecule has 6 aliphatic carbocycles. The van der Waals surface area contributed by atoms with Gasteiger partial charge in [0, 0.05) is 143 Å². The van der Waals surface area contributed by atoms with E-state index in [4.69, 9.17) is 106 Å². The van der Waals surface area contributed by atoms with Gasteiger partial charge >= 0.3 is 17.9 Å². The molecule has 6 heterocycles. The number of ketones is 1. The summed E-state index contributed by atoms with van der Waals surface area (Å²) in [6.07, 6.45) is 23.0. The lowest BCUT2D eigenvalue weighted by atomic mass is 9.87. The van der Waals surface area contributed by atoms with E-state index in [2.05, 4.69) is 106 Å². The third-order valence-corrected chi connectivity index (χ3v) is 31.7. The van der Waals surface area contributed by atoms with E-state index >= 15 is 0 Å². The molecule has 12 aliphatic rings. The summed E-state index contributed by atoms with van der Waals surface area (Å²) in [7, 11) is -6.81. The van der Waals surface area contributed by atoms with Gasteiger partial charge in [-0.05, 0) is 153 Å². The van der Waals surface area contributed by atoms with Gasteiger partial charge < -0.3 is 77.3 Å². The zero-order chi connectivity index (χ0) is 94.6. The highest BCUT2D eigenvalue weighted by Crippen LogP contribution is 2.52. The summed E-state index contributed by atoms with van der Waals surface area (Å²) < 4.78 is 122. The van der Waals surface area contributed by atoms with Gasteiger partial charge in [0.15, 0.2) is 44.6 Å². The second-order valence-electron chi connectivity index (χ2n) is 42.5. The van der Waals surface area contributed by atoms with E-state index in [0.717, 1.165) is 154 Å². The minimum atomic E-state index is -3.46. The van der Waals surface area contributed by atoms with Crippen LogP contribution >= 0.6 is 80.9 Å². The summed E-state index contributed by atoms with van der Waals surface area (Å²) in [4.78, 5) is 47.5. The Labute approximate surface area is 842 Å². The summed E-state index contributed by atoms with van der Waals surface area (Å²) in [6, 6.07) is 15.7. The van der Waals surface area contributed by atoms with Gasteiger partial charge in [0.1, 0.15) is 5.78 Å². The van der Waals surface area contributed by atoms with Crippen LogP contribution in [0.1, 0.15) is 292 Å². The Morgan fingerprint density at radius 2 is 0.716 bits per heavy atom. The number of halogens is 4. The number of alkyl halides is 1. The molecule has 25 nitrogen and oxygen atoms in total. The smallest absolute Gasteiger partial charge is 0.310 e. The molecule has 134 heavy (non-hydrogen) atoms. The first-order valence-electron chi connectivity index (χ1n) is 45.0. The van der Waals surface area contributed by atoms with Crippen LogP contribution in [0.2, 0.25) is 15.1 Å². The van der Waals surface area contributed by atoms with E-state index in [0.29, 0.717) is 114 Å². The fraction of sp³-hybridized carbons (Fsp3) is 0.782. The van der Waals surface area contributed by atoms with Crippen molar-refractivity contribution in [2.24, 2.45) is 68.0 Å². The molecular weight excluding hydrogens is 1970 g/mol. The van der Waals surface area contributed by atoms with E-state index in [-0.39, 0.29) is 141 Å². The molecule has 6 spiro atoms. The fourth-order valence-electron chi connectivity index (χ4n) is 18.0. The number of hydrogen-bond acceptors (Lipinski definition) is 24. The van der Waals surface area contributed by atoms with Crippen LogP contribution in [0.4, 0.5) is 0 Å². The Balaban J connectivity index is 0.000000407. The molecule has 3 aromatic carbocycles. The van der Waals surface area contributed by atoms with Crippen LogP contribution in [-0.4, -0.2) is 218 Å². The number of rotatable bonds is 19. The summed E-state index contributed by atoms with van der Waals surface area (Å²) >= 11 is 24.0. The van der Waals surface area contributed by atoms with Gasteiger partial charge in [0.25, 0.3) is 10.1 Å². The number of carbonyl (C=O) groups is 4. The summed E-state index contributed by atoms with van der Waals surface area (Å²) in [6.45, 7) is 36.2. The monoisotopic (exact) mass is 2140 g/mol. The highest BCUT2D eigenvalue weighted by molar-refractivity contribution is 14.1. The molecule has 33 heteroatoms. The van der Waals surface area contributed by atoms with Crippen LogP contribution in [0.5, 0.6) is 0 Å². The van der Waals surface area contributed by atoms with Gasteiger partial charge in [-0.15, -0.1) is 23.5 Å². The number of ether oxygens (including phenoxy) is 12. The van der Waals surface area contributed by atoms with Gasteiger partial charge in [-0.1, -0.05) is 203 Å². The van der Waals surface area contributed by atoms with Crippen molar-refractivity contribution in [3.8, 4) is 0 Å². The second kappa shape index (κ2) is 52.2. The van der Waals surface area contributed by atoms with Crippen molar-refractivity contribution in [3.05, 3.63) is 86.4 Å². The number of thioether (sulfide) groups is 2. The first kappa shape index (κ1) is 126. The normalized spacial score (nSPS) is 26.2. The predicted molar refractivity (Wildman–Crippen MR) is 545 cm³/mol. The largest absolute Gasteiger partial charge is 0.481 e. The number of hydrogen-bond donors (Lipinski definition) is 4. The van der Waals surface area contributed by atoms with Crippen molar-refractivity contribution >= 4 is 125 Å². The number of carbonyl (C=O) groups excluding carboxylic acids is 1. The Bertz CT molecular complexity index is 4340. The average molecular weight is 2140 g/mol. The van der Waals surface area contributed by atoms with Crippen molar-refractivity contribution < 1.29 is 117 Å². The molecule has 2 unspecified atom stereocenters. The zero-order valence-electron chi connectivity index (χ0n) is 78.3. The molecule has 6 aliphatic heterocycles. The van der Waals surface area contributed by atoms with Crippen LogP contribution in [-0.2, 0) is 107 Å². The average Bonchev–Trinajstić information content (AvgIpc) is 1.38. The number of aliphatic hydroxyl groups excluding tert-OH is 1. The molecule has 6 saturated heterocycles. The predicted octanol–water partition coefficient (Wildman–Crippen LogP) is 23.8. The van der Waals surface area contributed by atoms with E-state index < -0.39 is 72.8 Å². The Hall–Kier alpha value is -2.62. The molecule has 774 valence electrons. The molecule has 4 N–H and O–H groups in total. The third-order valence-electron chi connectivity index (χ3n) is 25.9. The number of aliphatic hydroxyl groups is 1. The van der Waals surface area contributed by atoms with E-state index in [1.165, 1.54) is 23.0 Å². The van der Waals surface area contributed by atoms with E-state index in [9.17, 15) is 46.2 Å². The van der Waals surface area contributed by atoms with Crippen LogP contribution < -0.4 is 0 Å². The van der Waals surface area contributed by atoms with Gasteiger partial charge in [-0.3, -0.25) is 23.4 Å². The maximum absolute atomic E-state index is 11.9. The van der Waals surface area contributed by atoms with E-state index in [1.807, 2.05) is 42.8 Å². The SMILES string of the molecule is C.C.C.C.C.C.CC1(C)COC2(CC[C@H](C(=O)O)C2)OC1.CC1(C)COC2(CC[C@H](CC(C(=O)O)c3ccc(S(C)(=O)=O)c(Cl)c3)C2)OC1.CC1(C)COC2(CC[C@H](CI)C2)OC1.CC1(C)COC2(CC[C@H](CO)C2)OC1.CC1(C)COC2(CC[C@H](COS(C)(=O)=O)C2)OC1.CSc1ccc(C(C[C@H]2CCC3(C2)OCC(C)(C)CO3)C(=O)O)cc1Cl.CSc1ccc(CC(C)=O)cc1Cl. The van der Waals surface area contributed by atoms with Crippen molar-refractivity contribution in [2.45, 2.75) is 331 Å². The fourth-order valence-corrected chi connectivity index (χ4v) is 22.3. The Morgan fingerprint density at radius 3 is 0.993 bits per heavy atom. The maximum atomic E-state index is 11.9. The highest BCUT2D eigenvalue weighted by atomic mass is 127. The number of aliphatic carboxylic acids is 3. The summed E-state index contributed by atoms with van der Waals surface area (Å²) in [5, 5.41) is 38.9. The lowest BCUT2D eigenvalue weighted by Crippen LogP contribution is -2.46. The number of carboxylic acids is 3. The Morgan fingerprint density at radius 1 is 0.425 bits per heavy atom. The molecule has 0 aromatic heterocycles. The number of benzene rings is 3. The van der Waals surface area contributed by atoms with Crippen molar-refractivity contribution in [3.63, 3.8) is 0 Å². The minimum absolute atomic E-state index is 0. The van der Waals surface area contributed by atoms with Crippen molar-refractivity contribution in [2.75, 3.05) is 122 Å². The van der Waals surface area contributed by atoms with Gasteiger partial charge in [0.2, 0.25) is 0 Å². The molecule has 15 rings (SSSR count). The number of sulfone groups is 1. The first-order chi connectivity index (χ1) is 59.5. The highest BCUT2D eigenvalue weighted by Gasteiger charge is 2.53. The zero-order valence-corrected chi connectivity index (χ0v) is 86.0. The number of carboxylic acid groups (broad SMARTS) is 3. The maximum Gasteiger partial charge on any atom is 0.310 e. The third kappa shape index (κ3) is 37.5. The molecule has 0 bridgehead atoms. The van der Waals surface area contributed by atoms with Crippen LogP contribution in [0, 0.1) is 68.0 Å². The van der Waals surface area contributed by atoms with Crippen LogP contribution in [0.25, 0.3) is 0 Å². The van der Waals surface area contributed by atoms with E-state index in [1.54, 1.807) is 42.6 Å². The molecule has 8 atom stereocenters. The molecule has 0 radical (unpaired) electrons. The summed E-state index contributed by atoms with van der Waals surface area (Å²) in [5.41, 5.74) is 2.75. The van der Waals surface area contributed by atoms with Crippen molar-refractivity contribution in [1.82, 2.24) is 0 Å². The first-order valence-corrected chi connectivity index (χ1v) is 53.8. The quantitative estimate of drug-likeness (QED) is 0.0375. The lowest BCUT2D eigenvalue weighted by Gasteiger charge is -2.41. The standard InChI is InChI=1S/C20H27ClO6S.C20H27ClO4S.C12H22O5S.C11H19IO2.C11H18O4.C11H20O3.C10H11ClOS.6CH4/c1-19(2)11-26-20(27-12-19)7-6-13(10-20)8-15(18(22)23)14-4-5-17(16(21)9-14)28(3,24)25;1-19(2)11-24-20(25-12-19)7-6-13(10-20)8-15(18(22)23)14-4-5-17(26-3)16(21)9-14;1-11(2)8-15-12(16-9-11)5-4-10(6-12)7-17-18(3,13)14;1-10(2)7-13-11(14-8-10)4-3-9(5-11)6-12;1-10(2)6-14-11(15-7-10)4-3-8(5-11)9(12)13;1-10(2)7-13-11(14-8-10)4-3-9(5-11)6-12;1-7(12)5-8-3-4-10(13-2)9(11)6-8;;;;;;/h4-5,9,13,15H,6-8,10-12H2,1-3H3,(H,22,23);4-5,9,13,15H,6-8,10-12H2,1-3H3,(H,22,23);10H,4-9H2,1-3H3;9H,3-8H2,1-2H3;8H,3-7H2,1-2H3,(H,12,13);9,12H,3-8H2,1-2H3;3-4,6H,5H2,1-2H3;6*1H4/t2*13-,15?;10-;9-;8-;9-;;;;;;;/m110000......./s1. The van der Waals surface area contributed by atoms with Gasteiger partial charge in [-0.25, -0.2) is 8.42 Å².